The monoisotopic (exact) mass is 514 g/mol. The zero-order chi connectivity index (χ0) is 26.7. The Bertz CT molecular complexity index is 826. The normalized spacial score (nSPS) is 14.1. The fourth-order valence-corrected chi connectivity index (χ4v) is 7.93. The molecule has 0 aliphatic rings. The van der Waals surface area contributed by atoms with Gasteiger partial charge in [0.25, 0.3) is 0 Å². The van der Waals surface area contributed by atoms with Crippen molar-refractivity contribution in [3.8, 4) is 0 Å². The Morgan fingerprint density at radius 1 is 0.727 bits per heavy atom. The average Bonchev–Trinajstić information content (AvgIpc) is 2.60. The first-order valence-electron chi connectivity index (χ1n) is 10.9. The quantitative estimate of drug-likeness (QED) is 0.160. The van der Waals surface area contributed by atoms with Gasteiger partial charge in [0, 0.05) is 5.57 Å². The van der Waals surface area contributed by atoms with Crippen LogP contribution in [-0.2, 0) is 28.2 Å². The number of esters is 2. The molecule has 0 rings (SSSR count). The summed E-state index contributed by atoms with van der Waals surface area (Å²) in [6, 6.07) is 0. The summed E-state index contributed by atoms with van der Waals surface area (Å²) in [7, 11) is -9.36. The smallest absolute Gasteiger partial charge is 0.335 e. The van der Waals surface area contributed by atoms with Crippen molar-refractivity contribution in [3.05, 3.63) is 12.2 Å². The molecule has 0 aromatic carbocycles. The van der Waals surface area contributed by atoms with E-state index in [-0.39, 0.29) is 31.3 Å². The Balaban J connectivity index is 5.65. The molecule has 0 saturated heterocycles. The highest BCUT2D eigenvalue weighted by Gasteiger charge is 2.58. The first-order chi connectivity index (χ1) is 14.6. The molecule has 0 heterocycles. The molecule has 12 heteroatoms. The van der Waals surface area contributed by atoms with E-state index in [1.54, 1.807) is 27.7 Å². The van der Waals surface area contributed by atoms with Gasteiger partial charge >= 0.3 is 27.1 Å². The second kappa shape index (κ2) is 10.7. The molecular weight excluding hydrogens is 474 g/mol. The molecule has 0 radical (unpaired) electrons. The second-order valence-electron chi connectivity index (χ2n) is 9.23. The highest BCUT2D eigenvalue weighted by atomic mass is 31.2. The van der Waals surface area contributed by atoms with Gasteiger partial charge in [-0.2, -0.15) is 0 Å². The van der Waals surface area contributed by atoms with Crippen molar-refractivity contribution in [3.63, 3.8) is 0 Å². The van der Waals surface area contributed by atoms with Crippen LogP contribution >= 0.6 is 15.2 Å². The fourth-order valence-electron chi connectivity index (χ4n) is 4.79. The van der Waals surface area contributed by atoms with Gasteiger partial charge in [-0.3, -0.25) is 13.9 Å². The molecule has 0 atom stereocenters. The van der Waals surface area contributed by atoms with Crippen LogP contribution in [0.25, 0.3) is 0 Å². The molecular formula is C21H40O10P2. The van der Waals surface area contributed by atoms with Crippen molar-refractivity contribution in [1.29, 1.82) is 0 Å². The van der Waals surface area contributed by atoms with Crippen LogP contribution in [0.15, 0.2) is 12.2 Å². The first kappa shape index (κ1) is 32.0. The molecule has 0 unspecified atom stereocenters. The van der Waals surface area contributed by atoms with Gasteiger partial charge < -0.3 is 29.0 Å². The van der Waals surface area contributed by atoms with E-state index < -0.39 is 55.1 Å². The summed E-state index contributed by atoms with van der Waals surface area (Å²) in [5.74, 6) is -1.96. The third kappa shape index (κ3) is 6.16. The number of hydrogen-bond donors (Lipinski definition) is 4. The van der Waals surface area contributed by atoms with Crippen molar-refractivity contribution in [2.45, 2.75) is 109 Å². The molecule has 194 valence electrons. The van der Waals surface area contributed by atoms with Gasteiger partial charge in [-0.15, -0.1) is 0 Å². The summed E-state index contributed by atoms with van der Waals surface area (Å²) < 4.78 is 35.2. The third-order valence-electron chi connectivity index (χ3n) is 7.06. The van der Waals surface area contributed by atoms with Crippen molar-refractivity contribution >= 4 is 27.1 Å². The predicted molar refractivity (Wildman–Crippen MR) is 125 cm³/mol. The molecule has 0 bridgehead atoms. The van der Waals surface area contributed by atoms with Gasteiger partial charge in [0.15, 0.2) is 0 Å². The largest absolute Gasteiger partial charge is 0.458 e. The van der Waals surface area contributed by atoms with E-state index in [1.165, 1.54) is 27.7 Å². The Kier molecular flexibility index (Phi) is 10.4. The van der Waals surface area contributed by atoms with Gasteiger partial charge in [0.1, 0.15) is 21.5 Å². The standard InChI is InChI=1S/C21H40O10P2/c1-10-20(11-2,32(24,25)26)18(6,7)30-16(22)14-15(5)17(23)31-19(8,9)21(12-3,13-4)33(27,28)29/h5,10-14H2,1-4,6-9H3,(H2,24,25,26)(H2,27,28,29). The van der Waals surface area contributed by atoms with Gasteiger partial charge in [0.05, 0.1) is 6.42 Å². The van der Waals surface area contributed by atoms with E-state index in [4.69, 9.17) is 9.47 Å². The van der Waals surface area contributed by atoms with Gasteiger partial charge in [-0.05, 0) is 53.4 Å². The molecule has 33 heavy (non-hydrogen) atoms. The predicted octanol–water partition coefficient (Wildman–Crippen LogP) is 4.05. The van der Waals surface area contributed by atoms with E-state index in [1.807, 2.05) is 0 Å². The average molecular weight is 514 g/mol. The lowest BCUT2D eigenvalue weighted by Gasteiger charge is -2.45. The maximum absolute atomic E-state index is 12.6. The van der Waals surface area contributed by atoms with Crippen molar-refractivity contribution in [2.24, 2.45) is 0 Å². The number of carbonyl (C=O) groups excluding carboxylic acids is 2. The van der Waals surface area contributed by atoms with E-state index in [2.05, 4.69) is 6.58 Å². The summed E-state index contributed by atoms with van der Waals surface area (Å²) in [5.41, 5.74) is -3.46. The Morgan fingerprint density at radius 3 is 1.30 bits per heavy atom. The Morgan fingerprint density at radius 2 is 1.03 bits per heavy atom. The van der Waals surface area contributed by atoms with Crippen LogP contribution < -0.4 is 0 Å². The number of hydrogen-bond acceptors (Lipinski definition) is 6. The van der Waals surface area contributed by atoms with Crippen LogP contribution in [0.5, 0.6) is 0 Å². The fraction of sp³-hybridized carbons (Fsp3) is 0.810. The number of ether oxygens (including phenoxy) is 2. The lowest BCUT2D eigenvalue weighted by atomic mass is 9.84. The van der Waals surface area contributed by atoms with E-state index in [9.17, 15) is 38.3 Å². The van der Waals surface area contributed by atoms with E-state index in [0.717, 1.165) is 0 Å². The Labute approximate surface area is 196 Å². The lowest BCUT2D eigenvalue weighted by molar-refractivity contribution is -0.164. The summed E-state index contributed by atoms with van der Waals surface area (Å²) in [4.78, 5) is 64.9. The Hall–Kier alpha value is -1.02. The molecule has 0 aromatic heterocycles. The minimum Gasteiger partial charge on any atom is -0.458 e. The summed E-state index contributed by atoms with van der Waals surface area (Å²) in [5, 5.41) is -3.26. The van der Waals surface area contributed by atoms with Crippen LogP contribution in [0.4, 0.5) is 0 Å². The maximum atomic E-state index is 12.6. The molecule has 0 amide bonds. The summed E-state index contributed by atoms with van der Waals surface area (Å²) in [6.45, 7) is 15.5. The molecule has 0 aromatic rings. The molecule has 10 nitrogen and oxygen atoms in total. The zero-order valence-corrected chi connectivity index (χ0v) is 22.7. The van der Waals surface area contributed by atoms with Crippen molar-refractivity contribution in [2.75, 3.05) is 0 Å². The summed E-state index contributed by atoms with van der Waals surface area (Å²) >= 11 is 0. The molecule has 0 aliphatic carbocycles. The van der Waals surface area contributed by atoms with Crippen LogP contribution in [0.2, 0.25) is 0 Å². The summed E-state index contributed by atoms with van der Waals surface area (Å²) in [6.07, 6.45) is -0.456. The van der Waals surface area contributed by atoms with Crippen LogP contribution in [0.1, 0.15) is 87.5 Å². The van der Waals surface area contributed by atoms with Gasteiger partial charge in [-0.1, -0.05) is 34.3 Å². The molecule has 0 fully saturated rings. The van der Waals surface area contributed by atoms with E-state index in [0.29, 0.717) is 0 Å². The highest BCUT2D eigenvalue weighted by Crippen LogP contribution is 2.61. The minimum atomic E-state index is -4.68. The van der Waals surface area contributed by atoms with Gasteiger partial charge in [0.2, 0.25) is 0 Å². The van der Waals surface area contributed by atoms with Crippen LogP contribution in [0.3, 0.4) is 0 Å². The zero-order valence-electron chi connectivity index (χ0n) is 20.9. The second-order valence-corrected chi connectivity index (χ2v) is 13.1. The minimum absolute atomic E-state index is 0.0370. The SMILES string of the molecule is C=C(CC(=O)OC(C)(C)C(CC)(CC)P(=O)(O)O)C(=O)OC(C)(C)C(CC)(CC)P(=O)(O)O. The molecule has 0 saturated carbocycles. The number of carbonyl (C=O) groups is 2. The molecule has 4 N–H and O–H groups in total. The number of rotatable bonds is 13. The van der Waals surface area contributed by atoms with Crippen molar-refractivity contribution < 1.29 is 47.8 Å². The van der Waals surface area contributed by atoms with Crippen molar-refractivity contribution in [1.82, 2.24) is 0 Å². The van der Waals surface area contributed by atoms with Gasteiger partial charge in [-0.25, -0.2) is 4.79 Å². The third-order valence-corrected chi connectivity index (χ3v) is 11.6. The highest BCUT2D eigenvalue weighted by molar-refractivity contribution is 7.54. The molecule has 0 spiro atoms. The maximum Gasteiger partial charge on any atom is 0.335 e. The molecule has 0 aliphatic heterocycles. The van der Waals surface area contributed by atoms with E-state index >= 15 is 0 Å². The van der Waals surface area contributed by atoms with Crippen LogP contribution in [0, 0.1) is 0 Å². The topological polar surface area (TPSA) is 168 Å². The van der Waals surface area contributed by atoms with Crippen LogP contribution in [-0.4, -0.2) is 53.0 Å². The lowest BCUT2D eigenvalue weighted by Crippen LogP contribution is -2.52. The first-order valence-corrected chi connectivity index (χ1v) is 14.1.